The zero-order valence-corrected chi connectivity index (χ0v) is 9.79. The van der Waals surface area contributed by atoms with Gasteiger partial charge in [-0.25, -0.2) is 0 Å². The molecule has 1 saturated carbocycles. The molecule has 1 saturated heterocycles. The molecule has 0 aromatic carbocycles. The Hall–Kier alpha value is -0.0800. The Labute approximate surface area is 88.1 Å². The number of piperidine rings is 1. The summed E-state index contributed by atoms with van der Waals surface area (Å²) in [5.41, 5.74) is 0. The van der Waals surface area contributed by atoms with E-state index in [2.05, 4.69) is 31.1 Å². The summed E-state index contributed by atoms with van der Waals surface area (Å²) in [7, 11) is 2.09. The van der Waals surface area contributed by atoms with Crippen LogP contribution in [0.1, 0.15) is 33.1 Å². The SMILES string of the molecule is CNC1CCN(CC2CC2C)C(C)C1. The highest BCUT2D eigenvalue weighted by Gasteiger charge is 2.36. The Kier molecular flexibility index (Phi) is 3.13. The quantitative estimate of drug-likeness (QED) is 0.739. The van der Waals surface area contributed by atoms with E-state index in [1.807, 2.05) is 0 Å². The molecular formula is C12H24N2. The summed E-state index contributed by atoms with van der Waals surface area (Å²) in [4.78, 5) is 2.70. The average Bonchev–Trinajstić information content (AvgIpc) is 2.85. The van der Waals surface area contributed by atoms with Gasteiger partial charge in [0.2, 0.25) is 0 Å². The topological polar surface area (TPSA) is 15.3 Å². The van der Waals surface area contributed by atoms with Crippen LogP contribution in [0.3, 0.4) is 0 Å². The van der Waals surface area contributed by atoms with Crippen LogP contribution in [0, 0.1) is 11.8 Å². The van der Waals surface area contributed by atoms with Crippen LogP contribution in [-0.4, -0.2) is 37.1 Å². The lowest BCUT2D eigenvalue weighted by Gasteiger charge is -2.37. The molecule has 0 radical (unpaired) electrons. The van der Waals surface area contributed by atoms with Gasteiger partial charge >= 0.3 is 0 Å². The maximum Gasteiger partial charge on any atom is 0.00910 e. The molecule has 1 heterocycles. The van der Waals surface area contributed by atoms with Crippen LogP contribution in [-0.2, 0) is 0 Å². The first-order chi connectivity index (χ1) is 6.70. The summed E-state index contributed by atoms with van der Waals surface area (Å²) in [6.45, 7) is 7.43. The minimum atomic E-state index is 0.762. The Bertz CT molecular complexity index is 193. The number of nitrogens with zero attached hydrogens (tertiary/aromatic N) is 1. The van der Waals surface area contributed by atoms with Crippen molar-refractivity contribution in [1.29, 1.82) is 0 Å². The average molecular weight is 196 g/mol. The lowest BCUT2D eigenvalue weighted by Crippen LogP contribution is -2.47. The third kappa shape index (κ3) is 2.29. The van der Waals surface area contributed by atoms with E-state index < -0.39 is 0 Å². The van der Waals surface area contributed by atoms with Crippen molar-refractivity contribution in [2.24, 2.45) is 11.8 Å². The van der Waals surface area contributed by atoms with E-state index in [4.69, 9.17) is 0 Å². The van der Waals surface area contributed by atoms with E-state index in [1.54, 1.807) is 0 Å². The van der Waals surface area contributed by atoms with Crippen LogP contribution in [0.2, 0.25) is 0 Å². The maximum absolute atomic E-state index is 3.41. The highest BCUT2D eigenvalue weighted by molar-refractivity contribution is 4.89. The largest absolute Gasteiger partial charge is 0.317 e. The smallest absolute Gasteiger partial charge is 0.00910 e. The van der Waals surface area contributed by atoms with Crippen molar-refractivity contribution in [3.8, 4) is 0 Å². The molecule has 1 aliphatic heterocycles. The maximum atomic E-state index is 3.41. The summed E-state index contributed by atoms with van der Waals surface area (Å²) < 4.78 is 0. The van der Waals surface area contributed by atoms with Gasteiger partial charge in [-0.3, -0.25) is 0 Å². The van der Waals surface area contributed by atoms with E-state index in [9.17, 15) is 0 Å². The molecule has 0 bridgehead atoms. The molecule has 2 rings (SSSR count). The van der Waals surface area contributed by atoms with Crippen LogP contribution >= 0.6 is 0 Å². The summed E-state index contributed by atoms with van der Waals surface area (Å²) in [6, 6.07) is 1.55. The molecular weight excluding hydrogens is 172 g/mol. The fourth-order valence-electron chi connectivity index (χ4n) is 2.71. The molecule has 2 heteroatoms. The van der Waals surface area contributed by atoms with Gasteiger partial charge in [-0.15, -0.1) is 0 Å². The Balaban J connectivity index is 1.77. The summed E-state index contributed by atoms with van der Waals surface area (Å²) in [6.07, 6.45) is 4.14. The molecule has 82 valence electrons. The molecule has 0 spiro atoms. The van der Waals surface area contributed by atoms with Crippen LogP contribution in [0.5, 0.6) is 0 Å². The standard InChI is InChI=1S/C12H24N2/c1-9-6-11(9)8-14-5-4-12(13-3)7-10(14)2/h9-13H,4-8H2,1-3H3. The molecule has 0 amide bonds. The van der Waals surface area contributed by atoms with Gasteiger partial charge in [0.25, 0.3) is 0 Å². The second-order valence-electron chi connectivity index (χ2n) is 5.33. The highest BCUT2D eigenvalue weighted by Crippen LogP contribution is 2.39. The monoisotopic (exact) mass is 196 g/mol. The summed E-state index contributed by atoms with van der Waals surface area (Å²) >= 11 is 0. The number of hydrogen-bond donors (Lipinski definition) is 1. The molecule has 4 atom stereocenters. The van der Waals surface area contributed by atoms with E-state index in [1.165, 1.54) is 32.4 Å². The Morgan fingerprint density at radius 1 is 1.29 bits per heavy atom. The van der Waals surface area contributed by atoms with Gasteiger partial charge in [0.1, 0.15) is 0 Å². The Morgan fingerprint density at radius 2 is 2.00 bits per heavy atom. The van der Waals surface area contributed by atoms with Crippen molar-refractivity contribution in [3.63, 3.8) is 0 Å². The zero-order valence-electron chi connectivity index (χ0n) is 9.79. The van der Waals surface area contributed by atoms with Gasteiger partial charge in [0, 0.05) is 18.6 Å². The van der Waals surface area contributed by atoms with Crippen LogP contribution in [0.4, 0.5) is 0 Å². The van der Waals surface area contributed by atoms with E-state index in [0.717, 1.165) is 23.9 Å². The molecule has 2 aliphatic rings. The molecule has 0 aromatic heterocycles. The number of nitrogens with one attached hydrogen (secondary N) is 1. The van der Waals surface area contributed by atoms with Gasteiger partial charge in [0.05, 0.1) is 0 Å². The molecule has 2 fully saturated rings. The van der Waals surface area contributed by atoms with Gasteiger partial charge in [-0.1, -0.05) is 6.92 Å². The molecule has 14 heavy (non-hydrogen) atoms. The Morgan fingerprint density at radius 3 is 2.50 bits per heavy atom. The van der Waals surface area contributed by atoms with Gasteiger partial charge in [-0.05, 0) is 51.6 Å². The van der Waals surface area contributed by atoms with Crippen LogP contribution in [0.15, 0.2) is 0 Å². The van der Waals surface area contributed by atoms with Gasteiger partial charge in [-0.2, -0.15) is 0 Å². The van der Waals surface area contributed by atoms with Crippen molar-refractivity contribution >= 4 is 0 Å². The number of rotatable bonds is 3. The van der Waals surface area contributed by atoms with E-state index in [0.29, 0.717) is 0 Å². The lowest BCUT2D eigenvalue weighted by atomic mass is 9.98. The third-order valence-electron chi connectivity index (χ3n) is 4.17. The zero-order chi connectivity index (χ0) is 10.1. The molecule has 0 aromatic rings. The van der Waals surface area contributed by atoms with E-state index >= 15 is 0 Å². The van der Waals surface area contributed by atoms with Crippen molar-refractivity contribution < 1.29 is 0 Å². The predicted octanol–water partition coefficient (Wildman–Crippen LogP) is 1.71. The van der Waals surface area contributed by atoms with Gasteiger partial charge < -0.3 is 10.2 Å². The second kappa shape index (κ2) is 4.19. The van der Waals surface area contributed by atoms with E-state index in [-0.39, 0.29) is 0 Å². The molecule has 2 nitrogen and oxygen atoms in total. The first-order valence-electron chi connectivity index (χ1n) is 6.12. The fourth-order valence-corrected chi connectivity index (χ4v) is 2.71. The van der Waals surface area contributed by atoms with Crippen molar-refractivity contribution in [1.82, 2.24) is 10.2 Å². The predicted molar refractivity (Wildman–Crippen MR) is 60.4 cm³/mol. The minimum Gasteiger partial charge on any atom is -0.317 e. The minimum absolute atomic E-state index is 0.762. The van der Waals surface area contributed by atoms with Crippen LogP contribution < -0.4 is 5.32 Å². The first kappa shape index (κ1) is 10.4. The molecule has 1 N–H and O–H groups in total. The van der Waals surface area contributed by atoms with Crippen molar-refractivity contribution in [2.75, 3.05) is 20.1 Å². The second-order valence-corrected chi connectivity index (χ2v) is 5.33. The summed E-state index contributed by atoms with van der Waals surface area (Å²) in [5.74, 6) is 2.02. The fraction of sp³-hybridized carbons (Fsp3) is 1.00. The third-order valence-corrected chi connectivity index (χ3v) is 4.17. The van der Waals surface area contributed by atoms with Crippen LogP contribution in [0.25, 0.3) is 0 Å². The lowest BCUT2D eigenvalue weighted by molar-refractivity contribution is 0.131. The number of likely N-dealkylation sites (tertiary alicyclic amines) is 1. The number of hydrogen-bond acceptors (Lipinski definition) is 2. The normalized spacial score (nSPS) is 43.9. The molecule has 1 aliphatic carbocycles. The van der Waals surface area contributed by atoms with Crippen molar-refractivity contribution in [3.05, 3.63) is 0 Å². The van der Waals surface area contributed by atoms with Gasteiger partial charge in [0.15, 0.2) is 0 Å². The summed E-state index contributed by atoms with van der Waals surface area (Å²) in [5, 5.41) is 3.41. The highest BCUT2D eigenvalue weighted by atomic mass is 15.2. The van der Waals surface area contributed by atoms with Crippen molar-refractivity contribution in [2.45, 2.75) is 45.2 Å². The first-order valence-corrected chi connectivity index (χ1v) is 6.12. The molecule has 4 unspecified atom stereocenters.